The van der Waals surface area contributed by atoms with Gasteiger partial charge in [0.1, 0.15) is 16.7 Å². The first-order valence-electron chi connectivity index (χ1n) is 11.7. The molecule has 3 aromatic rings. The van der Waals surface area contributed by atoms with E-state index in [2.05, 4.69) is 9.69 Å². The number of anilines is 2. The number of nitrogens with one attached hydrogen (secondary N) is 1. The van der Waals surface area contributed by atoms with Crippen LogP contribution in [0.1, 0.15) is 50.2 Å². The molecule has 1 aliphatic rings. The van der Waals surface area contributed by atoms with Crippen molar-refractivity contribution in [1.82, 2.24) is 9.69 Å². The molecule has 0 saturated carbocycles. The molecule has 4 rings (SSSR count). The molecule has 39 heavy (non-hydrogen) atoms. The number of nitrogens with zero attached hydrogens (tertiary/aromatic N) is 2. The molecule has 3 amide bonds. The Balaban J connectivity index is 1.86. The van der Waals surface area contributed by atoms with Crippen molar-refractivity contribution >= 4 is 40.6 Å². The summed E-state index contributed by atoms with van der Waals surface area (Å²) in [5.74, 6) is -3.43. The first-order chi connectivity index (χ1) is 18.5. The second-order valence-corrected chi connectivity index (χ2v) is 9.47. The molecule has 0 spiro atoms. The number of alkyl halides is 3. The van der Waals surface area contributed by atoms with E-state index in [1.165, 1.54) is 18.2 Å². The van der Waals surface area contributed by atoms with E-state index < -0.39 is 47.0 Å². The van der Waals surface area contributed by atoms with Gasteiger partial charge in [0.05, 0.1) is 17.4 Å². The molecule has 14 heteroatoms. The topological polar surface area (TPSA) is 141 Å². The van der Waals surface area contributed by atoms with Gasteiger partial charge in [0, 0.05) is 18.8 Å². The fourth-order valence-corrected chi connectivity index (χ4v) is 4.88. The molecule has 1 fully saturated rings. The number of amides is 3. The van der Waals surface area contributed by atoms with Crippen LogP contribution in [0.25, 0.3) is 0 Å². The molecular weight excluding hydrogens is 542 g/mol. The van der Waals surface area contributed by atoms with Gasteiger partial charge in [0.2, 0.25) is 5.91 Å². The van der Waals surface area contributed by atoms with Crippen LogP contribution in [0, 0.1) is 5.82 Å². The van der Waals surface area contributed by atoms with Crippen molar-refractivity contribution in [2.45, 2.75) is 31.2 Å². The van der Waals surface area contributed by atoms with Crippen molar-refractivity contribution in [3.05, 3.63) is 76.0 Å². The van der Waals surface area contributed by atoms with Crippen LogP contribution in [0.5, 0.6) is 0 Å². The van der Waals surface area contributed by atoms with E-state index in [1.54, 1.807) is 0 Å². The first-order valence-corrected chi connectivity index (χ1v) is 12.4. The summed E-state index contributed by atoms with van der Waals surface area (Å²) in [5, 5.41) is 2.69. The van der Waals surface area contributed by atoms with Crippen LogP contribution in [0.15, 0.2) is 48.5 Å². The smallest absolute Gasteiger partial charge is 0.395 e. The van der Waals surface area contributed by atoms with Crippen LogP contribution in [-0.2, 0) is 15.7 Å². The number of aromatic nitrogens is 1. The number of hydrogen-bond acceptors (Lipinski definition) is 7. The summed E-state index contributed by atoms with van der Waals surface area (Å²) in [6.45, 7) is 0.597. The predicted molar refractivity (Wildman–Crippen MR) is 134 cm³/mol. The molecule has 2 heterocycles. The molecule has 1 aliphatic heterocycles. The van der Waals surface area contributed by atoms with Gasteiger partial charge in [-0.05, 0) is 60.3 Å². The molecule has 5 N–H and O–H groups in total. The number of nitrogen functional groups attached to an aromatic ring is 1. The van der Waals surface area contributed by atoms with Crippen LogP contribution in [0.4, 0.5) is 28.9 Å². The molecule has 206 valence electrons. The average molecular weight is 566 g/mol. The third kappa shape index (κ3) is 6.17. The normalized spacial score (nSPS) is 16.1. The molecule has 2 aromatic carbocycles. The van der Waals surface area contributed by atoms with Crippen molar-refractivity contribution < 1.29 is 36.7 Å². The highest BCUT2D eigenvalue weighted by molar-refractivity contribution is 7.09. The molecule has 9 nitrogen and oxygen atoms in total. The molecule has 0 aliphatic carbocycles. The van der Waals surface area contributed by atoms with E-state index in [-0.39, 0.29) is 34.5 Å². The minimum Gasteiger partial charge on any atom is -0.395 e. The van der Waals surface area contributed by atoms with Crippen LogP contribution in [-0.4, -0.2) is 41.4 Å². The summed E-state index contributed by atoms with van der Waals surface area (Å²) in [7, 11) is 0. The van der Waals surface area contributed by atoms with Crippen molar-refractivity contribution in [3.8, 4) is 0 Å². The zero-order valence-corrected chi connectivity index (χ0v) is 21.0. The van der Waals surface area contributed by atoms with Crippen molar-refractivity contribution in [2.75, 3.05) is 23.8 Å². The Bertz CT molecular complexity index is 1370. The lowest BCUT2D eigenvalue weighted by molar-refractivity contribution is -0.137. The number of rotatable bonds is 8. The van der Waals surface area contributed by atoms with E-state index in [4.69, 9.17) is 16.2 Å². The SMILES string of the molecule is NC(=O)c1nsc(C(=O)N(c2cccc(C(F)(F)F)c2)C(C(=O)NCC2CCCO2)c2ccc(F)cc2)c1N. The van der Waals surface area contributed by atoms with Gasteiger partial charge >= 0.3 is 6.18 Å². The molecular formula is C25H23F4N5O4S. The lowest BCUT2D eigenvalue weighted by Gasteiger charge is -2.32. The monoisotopic (exact) mass is 565 g/mol. The van der Waals surface area contributed by atoms with E-state index in [0.29, 0.717) is 30.6 Å². The quantitative estimate of drug-likeness (QED) is 0.356. The van der Waals surface area contributed by atoms with Crippen LogP contribution in [0.3, 0.4) is 0 Å². The Labute approximate surface area is 223 Å². The van der Waals surface area contributed by atoms with Crippen molar-refractivity contribution in [2.24, 2.45) is 5.73 Å². The van der Waals surface area contributed by atoms with Gasteiger partial charge in [0.25, 0.3) is 11.8 Å². The van der Waals surface area contributed by atoms with Gasteiger partial charge in [-0.25, -0.2) is 4.39 Å². The summed E-state index contributed by atoms with van der Waals surface area (Å²) >= 11 is 0.505. The second kappa shape index (κ2) is 11.4. The highest BCUT2D eigenvalue weighted by Crippen LogP contribution is 2.37. The number of primary amides is 1. The van der Waals surface area contributed by atoms with Crippen LogP contribution < -0.4 is 21.7 Å². The van der Waals surface area contributed by atoms with E-state index >= 15 is 0 Å². The summed E-state index contributed by atoms with van der Waals surface area (Å²) in [6.07, 6.45) is -3.56. The predicted octanol–water partition coefficient (Wildman–Crippen LogP) is 3.67. The summed E-state index contributed by atoms with van der Waals surface area (Å²) in [4.78, 5) is 39.7. The molecule has 2 unspecified atom stereocenters. The molecule has 1 saturated heterocycles. The molecule has 0 bridgehead atoms. The van der Waals surface area contributed by atoms with Gasteiger partial charge in [-0.1, -0.05) is 18.2 Å². The molecule has 2 atom stereocenters. The Kier molecular flexibility index (Phi) is 8.16. The summed E-state index contributed by atoms with van der Waals surface area (Å²) < 4.78 is 63.9. The van der Waals surface area contributed by atoms with E-state index in [1.807, 2.05) is 0 Å². The lowest BCUT2D eigenvalue weighted by atomic mass is 10.0. The van der Waals surface area contributed by atoms with Crippen molar-refractivity contribution in [1.29, 1.82) is 0 Å². The average Bonchev–Trinajstić information content (AvgIpc) is 3.55. The Morgan fingerprint density at radius 1 is 1.18 bits per heavy atom. The fourth-order valence-electron chi connectivity index (χ4n) is 4.13. The Morgan fingerprint density at radius 2 is 1.90 bits per heavy atom. The number of nitrogens with two attached hydrogens (primary N) is 2. The van der Waals surface area contributed by atoms with Gasteiger partial charge in [-0.15, -0.1) is 0 Å². The van der Waals surface area contributed by atoms with Gasteiger partial charge in [0.15, 0.2) is 5.69 Å². The highest BCUT2D eigenvalue weighted by atomic mass is 32.1. The maximum Gasteiger partial charge on any atom is 0.416 e. The zero-order chi connectivity index (χ0) is 28.3. The maximum absolute atomic E-state index is 13.9. The standard InChI is InChI=1S/C25H23F4N5O4S/c26-15-8-6-13(7-9-15)20(23(36)32-12-17-5-2-10-38-17)34(16-4-1-3-14(11-16)25(27,28)29)24(37)21-18(30)19(22(31)35)33-39-21/h1,3-4,6-9,11,17,20H,2,5,10,12,30H2,(H2,31,35)(H,32,36). The van der Waals surface area contributed by atoms with Gasteiger partial charge in [-0.3, -0.25) is 19.3 Å². The third-order valence-corrected chi connectivity index (χ3v) is 6.90. The minimum atomic E-state index is -4.76. The number of halogens is 4. The minimum absolute atomic E-state index is 0.0790. The number of carbonyl (C=O) groups excluding carboxylic acids is 3. The van der Waals surface area contributed by atoms with E-state index in [0.717, 1.165) is 35.6 Å². The zero-order valence-electron chi connectivity index (χ0n) is 20.2. The van der Waals surface area contributed by atoms with Crippen molar-refractivity contribution in [3.63, 3.8) is 0 Å². The third-order valence-electron chi connectivity index (χ3n) is 6.05. The number of carbonyl (C=O) groups is 3. The summed E-state index contributed by atoms with van der Waals surface area (Å²) in [5.41, 5.74) is 9.15. The molecule has 0 radical (unpaired) electrons. The fraction of sp³-hybridized carbons (Fsp3) is 0.280. The molecule has 1 aromatic heterocycles. The first kappa shape index (κ1) is 28.0. The highest BCUT2D eigenvalue weighted by Gasteiger charge is 2.38. The van der Waals surface area contributed by atoms with E-state index in [9.17, 15) is 31.9 Å². The number of benzene rings is 2. The van der Waals surface area contributed by atoms with Gasteiger partial charge in [-0.2, -0.15) is 17.5 Å². The van der Waals surface area contributed by atoms with Gasteiger partial charge < -0.3 is 21.5 Å². The summed E-state index contributed by atoms with van der Waals surface area (Å²) in [6, 6.07) is 6.82. The largest absolute Gasteiger partial charge is 0.416 e. The number of hydrogen-bond donors (Lipinski definition) is 3. The lowest BCUT2D eigenvalue weighted by Crippen LogP contribution is -2.45. The Hall–Kier alpha value is -4.04. The Morgan fingerprint density at radius 3 is 2.49 bits per heavy atom. The van der Waals surface area contributed by atoms with Crippen LogP contribution in [0.2, 0.25) is 0 Å². The maximum atomic E-state index is 13.9. The number of ether oxygens (including phenoxy) is 1. The van der Waals surface area contributed by atoms with Crippen LogP contribution >= 0.6 is 11.5 Å². The second-order valence-electron chi connectivity index (χ2n) is 8.70.